The first-order chi connectivity index (χ1) is 12.0. The van der Waals surface area contributed by atoms with Crippen molar-refractivity contribution in [3.63, 3.8) is 0 Å². The van der Waals surface area contributed by atoms with Crippen LogP contribution in [0.15, 0.2) is 40.0 Å². The molecule has 0 saturated carbocycles. The van der Waals surface area contributed by atoms with Crippen molar-refractivity contribution >= 4 is 27.7 Å². The van der Waals surface area contributed by atoms with Gasteiger partial charge in [-0.05, 0) is 25.1 Å². The number of H-pyrrole nitrogens is 1. The van der Waals surface area contributed by atoms with Crippen LogP contribution in [-0.2, 0) is 16.4 Å². The van der Waals surface area contributed by atoms with Gasteiger partial charge in [-0.1, -0.05) is 0 Å². The van der Waals surface area contributed by atoms with Gasteiger partial charge >= 0.3 is 0 Å². The van der Waals surface area contributed by atoms with E-state index >= 15 is 0 Å². The van der Waals surface area contributed by atoms with Crippen LogP contribution in [0.2, 0.25) is 0 Å². The minimum Gasteiger partial charge on any atom is -0.469 e. The maximum absolute atomic E-state index is 12.6. The number of hydrogen-bond acceptors (Lipinski definition) is 5. The molecule has 0 radical (unpaired) electrons. The molecule has 1 aliphatic rings. The van der Waals surface area contributed by atoms with Crippen LogP contribution in [-0.4, -0.2) is 54.3 Å². The maximum atomic E-state index is 12.6. The third kappa shape index (κ3) is 4.28. The van der Waals surface area contributed by atoms with E-state index in [0.717, 1.165) is 17.3 Å². The predicted octanol–water partition coefficient (Wildman–Crippen LogP) is 1.71. The summed E-state index contributed by atoms with van der Waals surface area (Å²) >= 11 is 1.74. The van der Waals surface area contributed by atoms with E-state index < -0.39 is 10.0 Å². The number of nitrogens with zero attached hydrogens (tertiary/aromatic N) is 1. The van der Waals surface area contributed by atoms with Gasteiger partial charge in [0.05, 0.1) is 6.26 Å². The number of rotatable bonds is 6. The zero-order valence-electron chi connectivity index (χ0n) is 13.9. The number of furan rings is 1. The van der Waals surface area contributed by atoms with Gasteiger partial charge in [0.15, 0.2) is 0 Å². The molecule has 2 aromatic rings. The number of nitrogens with one attached hydrogen (secondary N) is 2. The molecule has 2 aromatic heterocycles. The maximum Gasteiger partial charge on any atom is 0.267 e. The second-order valence-electron chi connectivity index (χ2n) is 5.92. The monoisotopic (exact) mass is 383 g/mol. The molecular formula is C16H21N3O4S2. The number of thioether (sulfide) groups is 1. The molecule has 25 heavy (non-hydrogen) atoms. The van der Waals surface area contributed by atoms with Crippen molar-refractivity contribution < 1.29 is 17.6 Å². The van der Waals surface area contributed by atoms with Gasteiger partial charge in [-0.15, -0.1) is 0 Å². The molecule has 136 valence electrons. The summed E-state index contributed by atoms with van der Waals surface area (Å²) in [6.45, 7) is 2.87. The fraction of sp³-hybridized carbons (Fsp3) is 0.438. The molecular weight excluding hydrogens is 362 g/mol. The minimum absolute atomic E-state index is 0.128. The average Bonchev–Trinajstić information content (AvgIpc) is 3.27. The average molecular weight is 383 g/mol. The number of aromatic nitrogens is 1. The molecule has 0 spiro atoms. The summed E-state index contributed by atoms with van der Waals surface area (Å²) in [6.07, 6.45) is 3.53. The van der Waals surface area contributed by atoms with Crippen molar-refractivity contribution in [2.45, 2.75) is 24.3 Å². The molecule has 3 heterocycles. The number of aromatic amines is 1. The topological polar surface area (TPSA) is 95.4 Å². The van der Waals surface area contributed by atoms with E-state index in [4.69, 9.17) is 4.42 Å². The van der Waals surface area contributed by atoms with E-state index in [-0.39, 0.29) is 22.5 Å². The predicted molar refractivity (Wildman–Crippen MR) is 96.2 cm³/mol. The number of carbonyl (C=O) groups is 1. The first-order valence-corrected chi connectivity index (χ1v) is 10.7. The Morgan fingerprint density at radius 2 is 2.20 bits per heavy atom. The fourth-order valence-electron chi connectivity index (χ4n) is 2.67. The Kier molecular flexibility index (Phi) is 5.55. The quantitative estimate of drug-likeness (QED) is 0.792. The molecule has 0 bridgehead atoms. The van der Waals surface area contributed by atoms with Crippen LogP contribution in [0.3, 0.4) is 0 Å². The van der Waals surface area contributed by atoms with Crippen molar-refractivity contribution in [1.82, 2.24) is 14.6 Å². The van der Waals surface area contributed by atoms with Gasteiger partial charge in [-0.25, -0.2) is 8.42 Å². The van der Waals surface area contributed by atoms with Crippen LogP contribution in [0, 0.1) is 0 Å². The third-order valence-corrected chi connectivity index (χ3v) is 6.79. The highest BCUT2D eigenvalue weighted by Crippen LogP contribution is 2.20. The Labute approximate surface area is 151 Å². The van der Waals surface area contributed by atoms with Gasteiger partial charge in [-0.2, -0.15) is 16.1 Å². The van der Waals surface area contributed by atoms with Crippen LogP contribution in [0.1, 0.15) is 23.2 Å². The standard InChI is InChI=1S/C16H21N3O4S2/c1-12(9-13-3-2-6-23-13)18-16(20)15-10-14(11-17-15)25(21,22)19-4-7-24-8-5-19/h2-3,6,10-12,17H,4-5,7-9H2,1H3,(H,18,20). The lowest BCUT2D eigenvalue weighted by molar-refractivity contribution is 0.0935. The lowest BCUT2D eigenvalue weighted by Gasteiger charge is -2.24. The smallest absolute Gasteiger partial charge is 0.267 e. The Hall–Kier alpha value is -1.71. The Morgan fingerprint density at radius 3 is 2.88 bits per heavy atom. The van der Waals surface area contributed by atoms with Gasteiger partial charge in [0.2, 0.25) is 10.0 Å². The molecule has 2 N–H and O–H groups in total. The summed E-state index contributed by atoms with van der Waals surface area (Å²) in [6, 6.07) is 4.90. The molecule has 1 aliphatic heterocycles. The normalized spacial score (nSPS) is 17.3. The van der Waals surface area contributed by atoms with Crippen molar-refractivity contribution in [1.29, 1.82) is 0 Å². The third-order valence-electron chi connectivity index (χ3n) is 3.97. The fourth-order valence-corrected chi connectivity index (χ4v) is 5.24. The summed E-state index contributed by atoms with van der Waals surface area (Å²) < 4.78 is 31.9. The molecule has 1 unspecified atom stereocenters. The van der Waals surface area contributed by atoms with Crippen LogP contribution in [0.4, 0.5) is 0 Å². The molecule has 1 fully saturated rings. The summed E-state index contributed by atoms with van der Waals surface area (Å²) in [4.78, 5) is 15.2. The summed E-state index contributed by atoms with van der Waals surface area (Å²) in [7, 11) is -3.55. The second kappa shape index (κ2) is 7.67. The zero-order chi connectivity index (χ0) is 17.9. The largest absolute Gasteiger partial charge is 0.469 e. The highest BCUT2D eigenvalue weighted by Gasteiger charge is 2.28. The van der Waals surface area contributed by atoms with E-state index in [1.165, 1.54) is 16.6 Å². The molecule has 1 saturated heterocycles. The number of amides is 1. The summed E-state index contributed by atoms with van der Waals surface area (Å²) in [5.41, 5.74) is 0.233. The van der Waals surface area contributed by atoms with Crippen molar-refractivity contribution in [2.75, 3.05) is 24.6 Å². The van der Waals surface area contributed by atoms with E-state index in [9.17, 15) is 13.2 Å². The van der Waals surface area contributed by atoms with Crippen molar-refractivity contribution in [2.24, 2.45) is 0 Å². The molecule has 3 rings (SSSR count). The van der Waals surface area contributed by atoms with E-state index in [2.05, 4.69) is 10.3 Å². The minimum atomic E-state index is -3.55. The number of carbonyl (C=O) groups excluding carboxylic acids is 1. The summed E-state index contributed by atoms with van der Waals surface area (Å²) in [5, 5.41) is 2.84. The van der Waals surface area contributed by atoms with Crippen LogP contribution in [0.5, 0.6) is 0 Å². The van der Waals surface area contributed by atoms with Crippen LogP contribution in [0.25, 0.3) is 0 Å². The van der Waals surface area contributed by atoms with Crippen LogP contribution >= 0.6 is 11.8 Å². The lowest BCUT2D eigenvalue weighted by Crippen LogP contribution is -2.37. The van der Waals surface area contributed by atoms with Gasteiger partial charge in [0, 0.05) is 43.3 Å². The Balaban J connectivity index is 1.64. The van der Waals surface area contributed by atoms with Crippen molar-refractivity contribution in [3.8, 4) is 0 Å². The van der Waals surface area contributed by atoms with Crippen LogP contribution < -0.4 is 5.32 Å². The first kappa shape index (κ1) is 18.1. The van der Waals surface area contributed by atoms with Gasteiger partial charge in [0.1, 0.15) is 16.3 Å². The van der Waals surface area contributed by atoms with Gasteiger partial charge in [-0.3, -0.25) is 4.79 Å². The highest BCUT2D eigenvalue weighted by molar-refractivity contribution is 7.99. The molecule has 1 atom stereocenters. The van der Waals surface area contributed by atoms with Gasteiger partial charge in [0.25, 0.3) is 5.91 Å². The number of sulfonamides is 1. The molecule has 1 amide bonds. The molecule has 7 nitrogen and oxygen atoms in total. The Morgan fingerprint density at radius 1 is 1.44 bits per heavy atom. The number of hydrogen-bond donors (Lipinski definition) is 2. The van der Waals surface area contributed by atoms with E-state index in [1.54, 1.807) is 24.1 Å². The highest BCUT2D eigenvalue weighted by atomic mass is 32.2. The molecule has 0 aromatic carbocycles. The first-order valence-electron chi connectivity index (χ1n) is 8.06. The lowest BCUT2D eigenvalue weighted by atomic mass is 10.2. The molecule has 9 heteroatoms. The van der Waals surface area contributed by atoms with E-state index in [1.807, 2.05) is 13.0 Å². The van der Waals surface area contributed by atoms with Gasteiger partial charge < -0.3 is 14.7 Å². The SMILES string of the molecule is CC(Cc1ccco1)NC(=O)c1cc(S(=O)(=O)N2CCSCC2)c[nH]1. The van der Waals surface area contributed by atoms with Crippen molar-refractivity contribution in [3.05, 3.63) is 42.1 Å². The zero-order valence-corrected chi connectivity index (χ0v) is 15.5. The Bertz CT molecular complexity index is 808. The second-order valence-corrected chi connectivity index (χ2v) is 9.09. The van der Waals surface area contributed by atoms with E-state index in [0.29, 0.717) is 19.5 Å². The summed E-state index contributed by atoms with van der Waals surface area (Å²) in [5.74, 6) is 2.03. The molecule has 0 aliphatic carbocycles.